The van der Waals surface area contributed by atoms with Gasteiger partial charge in [0.15, 0.2) is 0 Å². The topological polar surface area (TPSA) is 53.5 Å². The van der Waals surface area contributed by atoms with Gasteiger partial charge in [0.2, 0.25) is 5.91 Å². The Hall–Kier alpha value is -2.28. The van der Waals surface area contributed by atoms with Crippen LogP contribution in [0.3, 0.4) is 0 Å². The van der Waals surface area contributed by atoms with E-state index in [0.717, 1.165) is 18.5 Å². The largest absolute Gasteiger partial charge is 0.337 e. The number of rotatable bonds is 2. The van der Waals surface area contributed by atoms with Crippen molar-refractivity contribution in [2.75, 3.05) is 24.5 Å². The number of thiazole rings is 1. The van der Waals surface area contributed by atoms with Crippen LogP contribution in [0.4, 0.5) is 10.1 Å². The lowest BCUT2D eigenvalue weighted by Crippen LogP contribution is -2.54. The number of piperidine rings is 2. The van der Waals surface area contributed by atoms with E-state index in [1.165, 1.54) is 23.5 Å². The van der Waals surface area contributed by atoms with E-state index in [9.17, 15) is 14.0 Å². The summed E-state index contributed by atoms with van der Waals surface area (Å²) >= 11 is 1.41. The SMILES string of the molecule is O=C(c1cscn1)N1CCC2(CCCN(c3ccc(F)cc3)C2=O)CC1. The molecule has 26 heavy (non-hydrogen) atoms. The minimum atomic E-state index is -0.411. The predicted octanol–water partition coefficient (Wildman–Crippen LogP) is 3.33. The standard InChI is InChI=1S/C19H20FN3O2S/c20-14-2-4-15(5-3-14)23-9-1-6-19(18(23)25)7-10-22(11-8-19)17(24)16-12-26-13-21-16/h2-5,12-13H,1,6-11H2. The zero-order valence-corrected chi connectivity index (χ0v) is 15.2. The Morgan fingerprint density at radius 1 is 1.12 bits per heavy atom. The van der Waals surface area contributed by atoms with Crippen molar-refractivity contribution >= 4 is 28.8 Å². The summed E-state index contributed by atoms with van der Waals surface area (Å²) < 4.78 is 13.2. The van der Waals surface area contributed by atoms with E-state index in [1.807, 2.05) is 0 Å². The maximum Gasteiger partial charge on any atom is 0.273 e. The van der Waals surface area contributed by atoms with Crippen molar-refractivity contribution in [1.29, 1.82) is 0 Å². The Kier molecular flexibility index (Phi) is 4.48. The Morgan fingerprint density at radius 3 is 2.50 bits per heavy atom. The molecule has 1 spiro atoms. The van der Waals surface area contributed by atoms with Gasteiger partial charge in [0, 0.05) is 30.7 Å². The van der Waals surface area contributed by atoms with Crippen molar-refractivity contribution in [1.82, 2.24) is 9.88 Å². The molecule has 2 aromatic rings. The van der Waals surface area contributed by atoms with Crippen LogP contribution in [0.1, 0.15) is 36.2 Å². The number of benzene rings is 1. The minimum Gasteiger partial charge on any atom is -0.337 e. The maximum atomic E-state index is 13.2. The number of hydrogen-bond acceptors (Lipinski definition) is 4. The Morgan fingerprint density at radius 2 is 1.85 bits per heavy atom. The molecular weight excluding hydrogens is 353 g/mol. The van der Waals surface area contributed by atoms with E-state index >= 15 is 0 Å². The normalized spacial score (nSPS) is 19.8. The molecule has 0 atom stereocenters. The van der Waals surface area contributed by atoms with Crippen LogP contribution in [0, 0.1) is 11.2 Å². The van der Waals surface area contributed by atoms with E-state index in [2.05, 4.69) is 4.98 Å². The molecular formula is C19H20FN3O2S. The summed E-state index contributed by atoms with van der Waals surface area (Å²) in [5, 5.41) is 1.76. The van der Waals surface area contributed by atoms with Gasteiger partial charge in [-0.15, -0.1) is 11.3 Å². The highest BCUT2D eigenvalue weighted by molar-refractivity contribution is 7.07. The third kappa shape index (κ3) is 3.00. The van der Waals surface area contributed by atoms with Crippen molar-refractivity contribution < 1.29 is 14.0 Å². The number of nitrogens with zero attached hydrogens (tertiary/aromatic N) is 3. The number of anilines is 1. The lowest BCUT2D eigenvalue weighted by Gasteiger charge is -2.46. The van der Waals surface area contributed by atoms with Gasteiger partial charge in [-0.1, -0.05) is 0 Å². The van der Waals surface area contributed by atoms with Gasteiger partial charge >= 0.3 is 0 Å². The molecule has 7 heteroatoms. The summed E-state index contributed by atoms with van der Waals surface area (Å²) in [6.45, 7) is 1.80. The highest BCUT2D eigenvalue weighted by Gasteiger charge is 2.46. The molecule has 0 aliphatic carbocycles. The number of halogens is 1. The molecule has 3 heterocycles. The Balaban J connectivity index is 1.48. The van der Waals surface area contributed by atoms with Crippen LogP contribution in [-0.4, -0.2) is 41.3 Å². The average molecular weight is 373 g/mol. The van der Waals surface area contributed by atoms with E-state index in [-0.39, 0.29) is 17.6 Å². The summed E-state index contributed by atoms with van der Waals surface area (Å²) in [6, 6.07) is 6.10. The van der Waals surface area contributed by atoms with Crippen molar-refractivity contribution in [2.45, 2.75) is 25.7 Å². The molecule has 2 aliphatic rings. The molecule has 1 aromatic heterocycles. The van der Waals surface area contributed by atoms with Crippen molar-refractivity contribution in [3.63, 3.8) is 0 Å². The molecule has 5 nitrogen and oxygen atoms in total. The lowest BCUT2D eigenvalue weighted by atomic mass is 9.71. The average Bonchev–Trinajstić information content (AvgIpc) is 3.20. The fraction of sp³-hybridized carbons (Fsp3) is 0.421. The molecule has 0 bridgehead atoms. The minimum absolute atomic E-state index is 0.0558. The second kappa shape index (κ2) is 6.79. The van der Waals surface area contributed by atoms with Gasteiger partial charge < -0.3 is 9.80 Å². The quantitative estimate of drug-likeness (QED) is 0.811. The first-order chi connectivity index (χ1) is 12.6. The molecule has 0 N–H and O–H groups in total. The smallest absolute Gasteiger partial charge is 0.273 e. The van der Waals surface area contributed by atoms with Gasteiger partial charge in [0.1, 0.15) is 11.5 Å². The van der Waals surface area contributed by atoms with Crippen LogP contribution in [-0.2, 0) is 4.79 Å². The zero-order valence-electron chi connectivity index (χ0n) is 14.4. The fourth-order valence-corrected chi connectivity index (χ4v) is 4.55. The number of aromatic nitrogens is 1. The molecule has 4 rings (SSSR count). The predicted molar refractivity (Wildman–Crippen MR) is 97.7 cm³/mol. The Bertz CT molecular complexity index is 799. The third-order valence-electron chi connectivity index (χ3n) is 5.53. The van der Waals surface area contributed by atoms with Gasteiger partial charge in [-0.2, -0.15) is 0 Å². The molecule has 0 unspecified atom stereocenters. The summed E-state index contributed by atoms with van der Waals surface area (Å²) in [5.41, 5.74) is 2.47. The first kappa shape index (κ1) is 17.1. The molecule has 0 radical (unpaired) electrons. The molecule has 2 aliphatic heterocycles. The van der Waals surface area contributed by atoms with Crippen molar-refractivity contribution in [3.8, 4) is 0 Å². The van der Waals surface area contributed by atoms with Gasteiger partial charge in [-0.3, -0.25) is 9.59 Å². The molecule has 136 valence electrons. The monoisotopic (exact) mass is 373 g/mol. The zero-order chi connectivity index (χ0) is 18.1. The lowest BCUT2D eigenvalue weighted by molar-refractivity contribution is -0.133. The van der Waals surface area contributed by atoms with Gasteiger partial charge in [0.25, 0.3) is 5.91 Å². The summed E-state index contributed by atoms with van der Waals surface area (Å²) in [4.78, 5) is 33.3. The summed E-state index contributed by atoms with van der Waals surface area (Å²) in [7, 11) is 0. The van der Waals surface area contributed by atoms with E-state index < -0.39 is 5.41 Å². The highest BCUT2D eigenvalue weighted by atomic mass is 32.1. The van der Waals surface area contributed by atoms with Crippen LogP contribution in [0.25, 0.3) is 0 Å². The van der Waals surface area contributed by atoms with Crippen LogP contribution in [0.15, 0.2) is 35.2 Å². The highest BCUT2D eigenvalue weighted by Crippen LogP contribution is 2.42. The summed E-state index contributed by atoms with van der Waals surface area (Å²) in [6.07, 6.45) is 3.10. The van der Waals surface area contributed by atoms with E-state index in [0.29, 0.717) is 38.2 Å². The van der Waals surface area contributed by atoms with E-state index in [1.54, 1.807) is 32.8 Å². The second-order valence-corrected chi connectivity index (χ2v) is 7.70. The first-order valence-electron chi connectivity index (χ1n) is 8.84. The molecule has 2 fully saturated rings. The third-order valence-corrected chi connectivity index (χ3v) is 6.12. The van der Waals surface area contributed by atoms with Crippen molar-refractivity contribution in [3.05, 3.63) is 46.7 Å². The van der Waals surface area contributed by atoms with Crippen molar-refractivity contribution in [2.24, 2.45) is 5.41 Å². The van der Waals surface area contributed by atoms with Crippen LogP contribution >= 0.6 is 11.3 Å². The Labute approximate surface area is 155 Å². The summed E-state index contributed by atoms with van der Waals surface area (Å²) in [5.74, 6) is -0.252. The van der Waals surface area contributed by atoms with Crippen LogP contribution in [0.2, 0.25) is 0 Å². The molecule has 0 saturated carbocycles. The van der Waals surface area contributed by atoms with Gasteiger partial charge in [-0.05, 0) is 49.9 Å². The van der Waals surface area contributed by atoms with E-state index in [4.69, 9.17) is 0 Å². The first-order valence-corrected chi connectivity index (χ1v) is 9.78. The number of likely N-dealkylation sites (tertiary alicyclic amines) is 1. The molecule has 2 amide bonds. The number of hydrogen-bond donors (Lipinski definition) is 0. The van der Waals surface area contributed by atoms with Gasteiger partial charge in [-0.25, -0.2) is 9.37 Å². The number of carbonyl (C=O) groups is 2. The van der Waals surface area contributed by atoms with Crippen LogP contribution in [0.5, 0.6) is 0 Å². The maximum absolute atomic E-state index is 13.2. The second-order valence-electron chi connectivity index (χ2n) is 6.98. The molecule has 2 saturated heterocycles. The number of amides is 2. The van der Waals surface area contributed by atoms with Gasteiger partial charge in [0.05, 0.1) is 10.9 Å². The van der Waals surface area contributed by atoms with Crippen LogP contribution < -0.4 is 4.90 Å². The molecule has 1 aromatic carbocycles. The number of carbonyl (C=O) groups excluding carboxylic acids is 2. The fourth-order valence-electron chi connectivity index (χ4n) is 4.02.